The van der Waals surface area contributed by atoms with Crippen LogP contribution in [0.25, 0.3) is 0 Å². The highest BCUT2D eigenvalue weighted by Gasteiger charge is 2.12. The third-order valence-corrected chi connectivity index (χ3v) is 3.25. The minimum absolute atomic E-state index is 0.310. The monoisotopic (exact) mass is 271 g/mol. The van der Waals surface area contributed by atoms with E-state index in [-0.39, 0.29) is 0 Å². The first kappa shape index (κ1) is 15.4. The van der Waals surface area contributed by atoms with Gasteiger partial charge in [0.15, 0.2) is 0 Å². The largest absolute Gasteiger partial charge is 0.382 e. The van der Waals surface area contributed by atoms with Gasteiger partial charge in [0, 0.05) is 18.7 Å². The van der Waals surface area contributed by atoms with Gasteiger partial charge < -0.3 is 15.2 Å². The lowest BCUT2D eigenvalue weighted by molar-refractivity contribution is 0.0682. The average Bonchev–Trinajstić information content (AvgIpc) is 2.39. The van der Waals surface area contributed by atoms with E-state index in [1.165, 1.54) is 0 Å². The number of halogens is 1. The van der Waals surface area contributed by atoms with Gasteiger partial charge in [-0.1, -0.05) is 29.8 Å². The van der Waals surface area contributed by atoms with E-state index in [9.17, 15) is 0 Å². The van der Waals surface area contributed by atoms with Crippen LogP contribution >= 0.6 is 11.6 Å². The minimum Gasteiger partial charge on any atom is -0.382 e. The highest BCUT2D eigenvalue weighted by Crippen LogP contribution is 2.27. The van der Waals surface area contributed by atoms with E-state index in [0.717, 1.165) is 30.0 Å². The summed E-state index contributed by atoms with van der Waals surface area (Å²) in [6.07, 6.45) is 1.98. The average molecular weight is 272 g/mol. The fraction of sp³-hybridized carbons (Fsp3) is 0.571. The van der Waals surface area contributed by atoms with Crippen LogP contribution in [0.15, 0.2) is 24.3 Å². The molecule has 3 nitrogen and oxygen atoms in total. The number of benzene rings is 1. The number of rotatable bonds is 9. The van der Waals surface area contributed by atoms with E-state index in [2.05, 4.69) is 0 Å². The lowest BCUT2D eigenvalue weighted by Crippen LogP contribution is -2.14. The van der Waals surface area contributed by atoms with Crippen molar-refractivity contribution in [3.05, 3.63) is 34.9 Å². The first-order chi connectivity index (χ1) is 8.79. The Morgan fingerprint density at radius 3 is 2.67 bits per heavy atom. The zero-order chi connectivity index (χ0) is 13.2. The van der Waals surface area contributed by atoms with E-state index in [4.69, 9.17) is 26.8 Å². The van der Waals surface area contributed by atoms with Crippen molar-refractivity contribution in [3.8, 4) is 0 Å². The summed E-state index contributed by atoms with van der Waals surface area (Å²) in [5, 5.41) is 0.799. The second-order valence-corrected chi connectivity index (χ2v) is 4.61. The molecule has 1 atom stereocenters. The van der Waals surface area contributed by atoms with Crippen molar-refractivity contribution in [2.24, 2.45) is 5.73 Å². The van der Waals surface area contributed by atoms with Crippen LogP contribution in [0.3, 0.4) is 0 Å². The summed E-state index contributed by atoms with van der Waals surface area (Å²) < 4.78 is 10.3. The minimum atomic E-state index is 0.310. The molecular formula is C14H22ClNO2. The Morgan fingerprint density at radius 2 is 2.00 bits per heavy atom. The Kier molecular flexibility index (Phi) is 8.01. The Hall–Kier alpha value is -0.610. The van der Waals surface area contributed by atoms with Crippen LogP contribution in [-0.2, 0) is 9.47 Å². The first-order valence-corrected chi connectivity index (χ1v) is 6.68. The van der Waals surface area contributed by atoms with E-state index in [0.29, 0.717) is 25.7 Å². The molecule has 0 aliphatic rings. The van der Waals surface area contributed by atoms with Gasteiger partial charge in [-0.2, -0.15) is 0 Å². The summed E-state index contributed by atoms with van der Waals surface area (Å²) in [5.74, 6) is 0.310. The standard InChI is InChI=1S/C14H22ClNO2/c1-17-9-10-18-8-4-5-12(11-16)13-6-2-3-7-14(13)15/h2-3,6-7,12H,4-5,8-11,16H2,1H3. The van der Waals surface area contributed by atoms with Crippen molar-refractivity contribution < 1.29 is 9.47 Å². The molecule has 0 aromatic heterocycles. The molecular weight excluding hydrogens is 250 g/mol. The van der Waals surface area contributed by atoms with Crippen molar-refractivity contribution in [2.45, 2.75) is 18.8 Å². The predicted molar refractivity (Wildman–Crippen MR) is 75.2 cm³/mol. The van der Waals surface area contributed by atoms with Crippen LogP contribution in [0.1, 0.15) is 24.3 Å². The van der Waals surface area contributed by atoms with Crippen LogP contribution in [0.4, 0.5) is 0 Å². The maximum atomic E-state index is 6.18. The smallest absolute Gasteiger partial charge is 0.0700 e. The molecule has 1 unspecified atom stereocenters. The maximum Gasteiger partial charge on any atom is 0.0700 e. The Labute approximate surface area is 114 Å². The van der Waals surface area contributed by atoms with Gasteiger partial charge in [-0.3, -0.25) is 0 Å². The fourth-order valence-electron chi connectivity index (χ4n) is 1.88. The van der Waals surface area contributed by atoms with Crippen LogP contribution in [0.5, 0.6) is 0 Å². The summed E-state index contributed by atoms with van der Waals surface area (Å²) in [7, 11) is 1.67. The molecule has 0 amide bonds. The zero-order valence-corrected chi connectivity index (χ0v) is 11.7. The fourth-order valence-corrected chi connectivity index (χ4v) is 2.17. The molecule has 102 valence electrons. The maximum absolute atomic E-state index is 6.18. The molecule has 0 bridgehead atoms. The summed E-state index contributed by atoms with van der Waals surface area (Å²) in [6, 6.07) is 7.90. The molecule has 18 heavy (non-hydrogen) atoms. The molecule has 0 spiro atoms. The van der Waals surface area contributed by atoms with E-state index in [1.54, 1.807) is 7.11 Å². The first-order valence-electron chi connectivity index (χ1n) is 6.30. The molecule has 4 heteroatoms. The van der Waals surface area contributed by atoms with Gasteiger partial charge in [0.25, 0.3) is 0 Å². The topological polar surface area (TPSA) is 44.5 Å². The molecule has 2 N–H and O–H groups in total. The molecule has 0 saturated carbocycles. The third-order valence-electron chi connectivity index (χ3n) is 2.90. The van der Waals surface area contributed by atoms with Crippen molar-refractivity contribution in [1.82, 2.24) is 0 Å². The van der Waals surface area contributed by atoms with Gasteiger partial charge in [-0.15, -0.1) is 0 Å². The van der Waals surface area contributed by atoms with Crippen LogP contribution in [-0.4, -0.2) is 33.5 Å². The van der Waals surface area contributed by atoms with Gasteiger partial charge >= 0.3 is 0 Å². The van der Waals surface area contributed by atoms with Crippen LogP contribution in [0, 0.1) is 0 Å². The number of methoxy groups -OCH3 is 1. The second kappa shape index (κ2) is 9.34. The lowest BCUT2D eigenvalue weighted by Gasteiger charge is -2.16. The number of hydrogen-bond acceptors (Lipinski definition) is 3. The molecule has 0 aliphatic carbocycles. The van der Waals surface area contributed by atoms with E-state index in [1.807, 2.05) is 24.3 Å². The molecule has 1 aromatic carbocycles. The molecule has 1 aromatic rings. The summed E-state index contributed by atoms with van der Waals surface area (Å²) in [4.78, 5) is 0. The Balaban J connectivity index is 2.32. The zero-order valence-electron chi connectivity index (χ0n) is 10.9. The second-order valence-electron chi connectivity index (χ2n) is 4.20. The Morgan fingerprint density at radius 1 is 1.22 bits per heavy atom. The van der Waals surface area contributed by atoms with E-state index < -0.39 is 0 Å². The highest BCUT2D eigenvalue weighted by molar-refractivity contribution is 6.31. The Bertz CT molecular complexity index is 333. The van der Waals surface area contributed by atoms with Gasteiger partial charge in [-0.25, -0.2) is 0 Å². The van der Waals surface area contributed by atoms with Crippen LogP contribution < -0.4 is 5.73 Å². The normalized spacial score (nSPS) is 12.6. The molecule has 0 aliphatic heterocycles. The van der Waals surface area contributed by atoms with E-state index >= 15 is 0 Å². The lowest BCUT2D eigenvalue weighted by atomic mass is 9.94. The van der Waals surface area contributed by atoms with Crippen molar-refractivity contribution in [1.29, 1.82) is 0 Å². The van der Waals surface area contributed by atoms with Gasteiger partial charge in [0.05, 0.1) is 13.2 Å². The molecule has 0 fully saturated rings. The van der Waals surface area contributed by atoms with Crippen molar-refractivity contribution in [3.63, 3.8) is 0 Å². The number of nitrogens with two attached hydrogens (primary N) is 1. The summed E-state index contributed by atoms with van der Waals surface area (Å²) >= 11 is 6.18. The van der Waals surface area contributed by atoms with Gasteiger partial charge in [0.2, 0.25) is 0 Å². The molecule has 1 rings (SSSR count). The van der Waals surface area contributed by atoms with Gasteiger partial charge in [-0.05, 0) is 36.9 Å². The summed E-state index contributed by atoms with van der Waals surface area (Å²) in [5.41, 5.74) is 6.95. The van der Waals surface area contributed by atoms with Crippen LogP contribution in [0.2, 0.25) is 5.02 Å². The number of ether oxygens (including phenoxy) is 2. The van der Waals surface area contributed by atoms with Crippen molar-refractivity contribution >= 4 is 11.6 Å². The number of hydrogen-bond donors (Lipinski definition) is 1. The SMILES string of the molecule is COCCOCCCC(CN)c1ccccc1Cl. The molecule has 0 saturated heterocycles. The van der Waals surface area contributed by atoms with Crippen molar-refractivity contribution in [2.75, 3.05) is 33.5 Å². The van der Waals surface area contributed by atoms with Gasteiger partial charge in [0.1, 0.15) is 0 Å². The predicted octanol–water partition coefficient (Wildman–Crippen LogP) is 2.83. The highest BCUT2D eigenvalue weighted by atomic mass is 35.5. The molecule has 0 heterocycles. The quantitative estimate of drug-likeness (QED) is 0.703. The molecule has 0 radical (unpaired) electrons. The third kappa shape index (κ3) is 5.36. The summed E-state index contributed by atoms with van der Waals surface area (Å²) in [6.45, 7) is 2.65.